The van der Waals surface area contributed by atoms with Crippen molar-refractivity contribution in [2.24, 2.45) is 0 Å². The molecular formula is C31H37N7O4. The van der Waals surface area contributed by atoms with E-state index < -0.39 is 5.60 Å². The third-order valence-corrected chi connectivity index (χ3v) is 8.37. The van der Waals surface area contributed by atoms with Gasteiger partial charge in [-0.1, -0.05) is 19.1 Å². The number of methoxy groups -OCH3 is 1. The lowest BCUT2D eigenvalue weighted by atomic mass is 9.98. The van der Waals surface area contributed by atoms with E-state index >= 15 is 0 Å². The van der Waals surface area contributed by atoms with Gasteiger partial charge in [-0.15, -0.1) is 6.58 Å². The Bertz CT molecular complexity index is 1690. The van der Waals surface area contributed by atoms with Crippen molar-refractivity contribution >= 4 is 22.7 Å². The lowest BCUT2D eigenvalue weighted by Crippen LogP contribution is -2.35. The van der Waals surface area contributed by atoms with E-state index in [9.17, 15) is 9.90 Å². The van der Waals surface area contributed by atoms with E-state index in [0.29, 0.717) is 58.5 Å². The summed E-state index contributed by atoms with van der Waals surface area (Å²) in [5, 5.41) is 14.8. The van der Waals surface area contributed by atoms with Gasteiger partial charge in [0.05, 0.1) is 19.3 Å². The summed E-state index contributed by atoms with van der Waals surface area (Å²) in [6, 6.07) is 9.47. The number of fused-ring (bicyclic) bond motifs is 2. The molecule has 2 aliphatic rings. The van der Waals surface area contributed by atoms with Gasteiger partial charge in [-0.25, -0.2) is 19.3 Å². The summed E-state index contributed by atoms with van der Waals surface area (Å²) in [7, 11) is 3.74. The Labute approximate surface area is 244 Å². The molecule has 0 amide bonds. The average Bonchev–Trinajstić information content (AvgIpc) is 3.48. The van der Waals surface area contributed by atoms with Crippen LogP contribution in [0.25, 0.3) is 16.9 Å². The van der Waals surface area contributed by atoms with Crippen LogP contribution in [0, 0.1) is 0 Å². The predicted molar refractivity (Wildman–Crippen MR) is 161 cm³/mol. The molecule has 1 atom stereocenters. The van der Waals surface area contributed by atoms with Crippen LogP contribution in [0.2, 0.25) is 0 Å². The highest BCUT2D eigenvalue weighted by Crippen LogP contribution is 2.38. The molecule has 0 radical (unpaired) electrons. The lowest BCUT2D eigenvalue weighted by Gasteiger charge is -2.29. The van der Waals surface area contributed by atoms with Crippen molar-refractivity contribution in [3.8, 4) is 17.3 Å². The fourth-order valence-corrected chi connectivity index (χ4v) is 5.87. The predicted octanol–water partition coefficient (Wildman–Crippen LogP) is 3.93. The van der Waals surface area contributed by atoms with Gasteiger partial charge in [0.2, 0.25) is 5.95 Å². The van der Waals surface area contributed by atoms with Gasteiger partial charge in [-0.2, -0.15) is 4.98 Å². The Kier molecular flexibility index (Phi) is 7.46. The van der Waals surface area contributed by atoms with Crippen molar-refractivity contribution in [1.82, 2.24) is 29.2 Å². The number of pyridine rings is 1. The number of ether oxygens (including phenoxy) is 2. The summed E-state index contributed by atoms with van der Waals surface area (Å²) in [5.41, 5.74) is 1.56. The average molecular weight is 572 g/mol. The molecule has 11 heteroatoms. The summed E-state index contributed by atoms with van der Waals surface area (Å²) in [6.07, 6.45) is 7.22. The molecule has 42 heavy (non-hydrogen) atoms. The number of aryl methyl sites for hydroxylation is 1. The second-order valence-electron chi connectivity index (χ2n) is 11.1. The van der Waals surface area contributed by atoms with Gasteiger partial charge in [0.15, 0.2) is 23.0 Å². The molecule has 220 valence electrons. The molecule has 0 saturated carbocycles. The van der Waals surface area contributed by atoms with Crippen LogP contribution < -0.4 is 20.3 Å². The van der Waals surface area contributed by atoms with E-state index in [0.717, 1.165) is 37.9 Å². The number of rotatable bonds is 9. The molecule has 3 aromatic heterocycles. The number of piperidine rings is 1. The fourth-order valence-electron chi connectivity index (χ4n) is 5.87. The number of nitrogens with one attached hydrogen (secondary N) is 1. The number of aromatic nitrogens is 5. The molecule has 1 aliphatic heterocycles. The van der Waals surface area contributed by atoms with Gasteiger partial charge >= 0.3 is 0 Å². The number of anilines is 2. The topological polar surface area (TPSA) is 120 Å². The highest BCUT2D eigenvalue weighted by molar-refractivity contribution is 5.77. The van der Waals surface area contributed by atoms with E-state index in [1.807, 2.05) is 37.3 Å². The Morgan fingerprint density at radius 1 is 1.19 bits per heavy atom. The van der Waals surface area contributed by atoms with Gasteiger partial charge in [0.1, 0.15) is 17.1 Å². The van der Waals surface area contributed by atoms with Crippen molar-refractivity contribution in [3.63, 3.8) is 0 Å². The highest BCUT2D eigenvalue weighted by atomic mass is 16.5. The summed E-state index contributed by atoms with van der Waals surface area (Å²) in [4.78, 5) is 29.7. The van der Waals surface area contributed by atoms with Crippen LogP contribution in [0.4, 0.5) is 11.6 Å². The minimum absolute atomic E-state index is 0.150. The Morgan fingerprint density at radius 2 is 2.00 bits per heavy atom. The molecule has 1 aromatic carbocycles. The second-order valence-corrected chi connectivity index (χ2v) is 11.1. The SMILES string of the molecule is C=CCn1c(=O)c2cnc(Nc3ccc(OC4CCN(C)CC4)c(OC)c3)nc2n1-c1ccc2c(n1)C(O)(CC)CC2. The van der Waals surface area contributed by atoms with Crippen LogP contribution in [0.5, 0.6) is 11.5 Å². The molecule has 6 rings (SSSR count). The van der Waals surface area contributed by atoms with Gasteiger partial charge in [-0.05, 0) is 62.9 Å². The quantitative estimate of drug-likeness (QED) is 0.288. The molecular weight excluding hydrogens is 534 g/mol. The van der Waals surface area contributed by atoms with Crippen LogP contribution in [0.3, 0.4) is 0 Å². The Hall–Kier alpha value is -4.22. The number of nitrogens with zero attached hydrogens (tertiary/aromatic N) is 6. The number of hydrogen-bond acceptors (Lipinski definition) is 9. The first-order valence-corrected chi connectivity index (χ1v) is 14.5. The molecule has 0 spiro atoms. The van der Waals surface area contributed by atoms with E-state index in [2.05, 4.69) is 28.8 Å². The summed E-state index contributed by atoms with van der Waals surface area (Å²) >= 11 is 0. The van der Waals surface area contributed by atoms with Crippen molar-refractivity contribution in [2.75, 3.05) is 32.6 Å². The zero-order valence-corrected chi connectivity index (χ0v) is 24.3. The molecule has 1 aliphatic carbocycles. The van der Waals surface area contributed by atoms with Crippen molar-refractivity contribution in [3.05, 3.63) is 70.8 Å². The molecule has 4 aromatic rings. The van der Waals surface area contributed by atoms with Gasteiger partial charge in [0, 0.05) is 31.0 Å². The van der Waals surface area contributed by atoms with Gasteiger partial charge < -0.3 is 24.8 Å². The Balaban J connectivity index is 1.35. The third-order valence-electron chi connectivity index (χ3n) is 8.37. The number of aliphatic hydroxyl groups is 1. The molecule has 0 bridgehead atoms. The highest BCUT2D eigenvalue weighted by Gasteiger charge is 2.37. The van der Waals surface area contributed by atoms with Crippen LogP contribution in [-0.4, -0.2) is 67.7 Å². The molecule has 1 saturated heterocycles. The van der Waals surface area contributed by atoms with Crippen molar-refractivity contribution < 1.29 is 14.6 Å². The van der Waals surface area contributed by atoms with E-state index in [1.54, 1.807) is 17.9 Å². The third kappa shape index (κ3) is 5.03. The zero-order valence-electron chi connectivity index (χ0n) is 24.3. The van der Waals surface area contributed by atoms with E-state index in [1.165, 1.54) is 10.9 Å². The van der Waals surface area contributed by atoms with Crippen LogP contribution in [0.1, 0.15) is 43.9 Å². The van der Waals surface area contributed by atoms with Gasteiger partial charge in [-0.3, -0.25) is 4.79 Å². The van der Waals surface area contributed by atoms with E-state index in [-0.39, 0.29) is 18.2 Å². The number of allylic oxidation sites excluding steroid dienone is 1. The number of likely N-dealkylation sites (tertiary alicyclic amines) is 1. The largest absolute Gasteiger partial charge is 0.493 e. The van der Waals surface area contributed by atoms with Crippen LogP contribution in [-0.2, 0) is 18.6 Å². The first kappa shape index (κ1) is 27.9. The first-order chi connectivity index (χ1) is 20.3. The summed E-state index contributed by atoms with van der Waals surface area (Å²) < 4.78 is 15.1. The number of benzene rings is 1. The minimum atomic E-state index is -0.984. The van der Waals surface area contributed by atoms with Gasteiger partial charge in [0.25, 0.3) is 5.56 Å². The van der Waals surface area contributed by atoms with Crippen LogP contribution >= 0.6 is 0 Å². The normalized spacial score (nSPS) is 19.1. The smallest absolute Gasteiger partial charge is 0.278 e. The van der Waals surface area contributed by atoms with Crippen LogP contribution in [0.15, 0.2) is 54.0 Å². The van der Waals surface area contributed by atoms with Crippen molar-refractivity contribution in [2.45, 2.75) is 57.3 Å². The maximum absolute atomic E-state index is 13.4. The summed E-state index contributed by atoms with van der Waals surface area (Å²) in [5.74, 6) is 2.11. The second kappa shape index (κ2) is 11.2. The fraction of sp³-hybridized carbons (Fsp3) is 0.419. The lowest BCUT2D eigenvalue weighted by molar-refractivity contribution is 0.0306. The zero-order chi connectivity index (χ0) is 29.4. The molecule has 1 fully saturated rings. The minimum Gasteiger partial charge on any atom is -0.493 e. The first-order valence-electron chi connectivity index (χ1n) is 14.5. The molecule has 1 unspecified atom stereocenters. The maximum Gasteiger partial charge on any atom is 0.278 e. The van der Waals surface area contributed by atoms with Crippen molar-refractivity contribution in [1.29, 1.82) is 0 Å². The van der Waals surface area contributed by atoms with E-state index in [4.69, 9.17) is 19.4 Å². The molecule has 2 N–H and O–H groups in total. The monoisotopic (exact) mass is 571 g/mol. The Morgan fingerprint density at radius 3 is 2.74 bits per heavy atom. The number of hydrogen-bond donors (Lipinski definition) is 2. The molecule has 4 heterocycles. The molecule has 11 nitrogen and oxygen atoms in total. The maximum atomic E-state index is 13.4. The standard InChI is InChI=1S/C31H37N7O4/c1-5-15-37-29(39)23-19-32-30(33-21-8-9-24(25(18-21)41-4)42-22-12-16-36(3)17-13-22)35-28(23)38(37)26-10-7-20-11-14-31(40,6-2)27(20)34-26/h5,7-10,18-19,22,40H,1,6,11-17H2,2-4H3,(H,32,33,35). The summed E-state index contributed by atoms with van der Waals surface area (Å²) in [6.45, 7) is 8.05.